The molecular formula is C30H44. The van der Waals surface area contributed by atoms with Gasteiger partial charge in [0.05, 0.1) is 0 Å². The van der Waals surface area contributed by atoms with E-state index in [9.17, 15) is 0 Å². The molecule has 0 aliphatic heterocycles. The maximum absolute atomic E-state index is 2.72. The van der Waals surface area contributed by atoms with E-state index in [0.717, 1.165) is 29.6 Å². The van der Waals surface area contributed by atoms with Crippen molar-refractivity contribution >= 4 is 6.08 Å². The number of hydrogen-bond donors (Lipinski definition) is 0. The summed E-state index contributed by atoms with van der Waals surface area (Å²) in [6, 6.07) is 10.8. The zero-order valence-electron chi connectivity index (χ0n) is 19.6. The van der Waals surface area contributed by atoms with Crippen LogP contribution in [-0.4, -0.2) is 0 Å². The zero-order valence-corrected chi connectivity index (χ0v) is 19.6. The summed E-state index contributed by atoms with van der Waals surface area (Å²) in [5.74, 6) is 5.21. The highest BCUT2D eigenvalue weighted by Crippen LogP contribution is 2.67. The highest BCUT2D eigenvalue weighted by Gasteiger charge is 2.59. The Morgan fingerprint density at radius 1 is 0.833 bits per heavy atom. The van der Waals surface area contributed by atoms with E-state index in [1.165, 1.54) is 50.5 Å². The van der Waals surface area contributed by atoms with Crippen molar-refractivity contribution in [3.63, 3.8) is 0 Å². The van der Waals surface area contributed by atoms with E-state index < -0.39 is 0 Å². The number of rotatable bonds is 5. The molecule has 0 heteroatoms. The molecule has 4 saturated carbocycles. The molecular weight excluding hydrogens is 360 g/mol. The smallest absolute Gasteiger partial charge is 0.0260 e. The molecule has 4 aliphatic rings. The van der Waals surface area contributed by atoms with Gasteiger partial charge in [0.2, 0.25) is 0 Å². The molecule has 0 bridgehead atoms. The molecule has 0 aromatic heterocycles. The average molecular weight is 405 g/mol. The van der Waals surface area contributed by atoms with Crippen molar-refractivity contribution in [3.05, 3.63) is 42.0 Å². The second-order valence-electron chi connectivity index (χ2n) is 12.0. The Bertz CT molecular complexity index is 732. The van der Waals surface area contributed by atoms with E-state index in [0.29, 0.717) is 10.8 Å². The highest BCUT2D eigenvalue weighted by atomic mass is 14.6. The maximum Gasteiger partial charge on any atom is -0.0260 e. The molecule has 30 heavy (non-hydrogen) atoms. The van der Waals surface area contributed by atoms with Crippen molar-refractivity contribution in [3.8, 4) is 0 Å². The van der Waals surface area contributed by atoms with E-state index in [-0.39, 0.29) is 0 Å². The molecule has 1 aromatic rings. The zero-order chi connectivity index (χ0) is 20.6. The fraction of sp³-hybridized carbons (Fsp3) is 0.733. The largest absolute Gasteiger partial charge is 0.0839 e. The van der Waals surface area contributed by atoms with Crippen molar-refractivity contribution in [2.75, 3.05) is 0 Å². The highest BCUT2D eigenvalue weighted by molar-refractivity contribution is 5.48. The van der Waals surface area contributed by atoms with Gasteiger partial charge < -0.3 is 0 Å². The first kappa shape index (κ1) is 20.8. The van der Waals surface area contributed by atoms with Gasteiger partial charge >= 0.3 is 0 Å². The van der Waals surface area contributed by atoms with Gasteiger partial charge in [0.25, 0.3) is 0 Å². The molecule has 5 rings (SSSR count). The number of fused-ring (bicyclic) bond motifs is 5. The van der Waals surface area contributed by atoms with Crippen LogP contribution in [-0.2, 0) is 0 Å². The summed E-state index contributed by atoms with van der Waals surface area (Å²) in [4.78, 5) is 0. The van der Waals surface area contributed by atoms with E-state index in [2.05, 4.69) is 56.3 Å². The minimum Gasteiger partial charge on any atom is -0.0839 e. The number of hydrogen-bond acceptors (Lipinski definition) is 0. The second-order valence-corrected chi connectivity index (χ2v) is 12.0. The minimum atomic E-state index is 0.655. The number of unbranched alkanes of at least 4 members (excludes halogenated alkanes) is 1. The molecule has 0 spiro atoms. The fourth-order valence-electron chi connectivity index (χ4n) is 9.14. The maximum atomic E-state index is 2.72. The van der Waals surface area contributed by atoms with Crippen LogP contribution in [0.2, 0.25) is 0 Å². The van der Waals surface area contributed by atoms with Gasteiger partial charge in [-0.05, 0) is 117 Å². The lowest BCUT2D eigenvalue weighted by atomic mass is 9.45. The van der Waals surface area contributed by atoms with Crippen LogP contribution in [0.1, 0.15) is 103 Å². The van der Waals surface area contributed by atoms with Crippen LogP contribution in [0, 0.1) is 40.4 Å². The Morgan fingerprint density at radius 2 is 1.67 bits per heavy atom. The predicted octanol–water partition coefficient (Wildman–Crippen LogP) is 8.92. The lowest BCUT2D eigenvalue weighted by Gasteiger charge is -2.60. The molecule has 1 aromatic carbocycles. The molecule has 0 nitrogen and oxygen atoms in total. The predicted molar refractivity (Wildman–Crippen MR) is 129 cm³/mol. The van der Waals surface area contributed by atoms with Crippen LogP contribution in [0.4, 0.5) is 0 Å². The molecule has 7 unspecified atom stereocenters. The average Bonchev–Trinajstić information content (AvgIpc) is 3.10. The van der Waals surface area contributed by atoms with Crippen molar-refractivity contribution in [1.29, 1.82) is 0 Å². The second kappa shape index (κ2) is 8.48. The summed E-state index contributed by atoms with van der Waals surface area (Å²) in [7, 11) is 0. The summed E-state index contributed by atoms with van der Waals surface area (Å²) in [6.07, 6.45) is 24.2. The Labute approximate surface area is 185 Å². The quantitative estimate of drug-likeness (QED) is 0.430. The molecule has 0 heterocycles. The third-order valence-electron chi connectivity index (χ3n) is 10.8. The van der Waals surface area contributed by atoms with Crippen molar-refractivity contribution < 1.29 is 0 Å². The van der Waals surface area contributed by atoms with Crippen LogP contribution in [0.15, 0.2) is 36.4 Å². The van der Waals surface area contributed by atoms with E-state index in [1.807, 2.05) is 0 Å². The Balaban J connectivity index is 1.19. The Morgan fingerprint density at radius 3 is 2.53 bits per heavy atom. The van der Waals surface area contributed by atoms with E-state index in [1.54, 1.807) is 38.5 Å². The normalized spacial score (nSPS) is 43.2. The third kappa shape index (κ3) is 3.61. The summed E-state index contributed by atoms with van der Waals surface area (Å²) >= 11 is 0. The monoisotopic (exact) mass is 404 g/mol. The van der Waals surface area contributed by atoms with Crippen LogP contribution >= 0.6 is 0 Å². The van der Waals surface area contributed by atoms with Crippen molar-refractivity contribution in [2.24, 2.45) is 40.4 Å². The molecule has 7 atom stereocenters. The Kier molecular flexibility index (Phi) is 5.89. The first-order valence-electron chi connectivity index (χ1n) is 13.3. The summed E-state index contributed by atoms with van der Waals surface area (Å²) in [5, 5.41) is 0. The van der Waals surface area contributed by atoms with Gasteiger partial charge in [0.15, 0.2) is 0 Å². The minimum absolute atomic E-state index is 0.655. The molecule has 0 saturated heterocycles. The van der Waals surface area contributed by atoms with Gasteiger partial charge in [-0.15, -0.1) is 0 Å². The van der Waals surface area contributed by atoms with Gasteiger partial charge in [0.1, 0.15) is 0 Å². The lowest BCUT2D eigenvalue weighted by Crippen LogP contribution is -2.52. The first-order chi connectivity index (χ1) is 14.6. The number of allylic oxidation sites excluding steroid dienone is 1. The van der Waals surface area contributed by atoms with Gasteiger partial charge in [-0.1, -0.05) is 69.2 Å². The molecule has 4 fully saturated rings. The van der Waals surface area contributed by atoms with E-state index >= 15 is 0 Å². The topological polar surface area (TPSA) is 0 Å². The van der Waals surface area contributed by atoms with Crippen LogP contribution in [0.3, 0.4) is 0 Å². The van der Waals surface area contributed by atoms with Gasteiger partial charge in [-0.3, -0.25) is 0 Å². The SMILES string of the molecule is CC12CCCCC1CCC1C2CCC2(C)C(CCC/C=C/c3ccccc3)CCC12. The van der Waals surface area contributed by atoms with Crippen molar-refractivity contribution in [2.45, 2.75) is 97.3 Å². The van der Waals surface area contributed by atoms with E-state index in [4.69, 9.17) is 0 Å². The summed E-state index contributed by atoms with van der Waals surface area (Å²) < 4.78 is 0. The lowest BCUT2D eigenvalue weighted by molar-refractivity contribution is -0.111. The van der Waals surface area contributed by atoms with Gasteiger partial charge in [-0.25, -0.2) is 0 Å². The molecule has 4 aliphatic carbocycles. The first-order valence-corrected chi connectivity index (χ1v) is 13.3. The van der Waals surface area contributed by atoms with Crippen molar-refractivity contribution in [1.82, 2.24) is 0 Å². The van der Waals surface area contributed by atoms with Gasteiger partial charge in [0, 0.05) is 0 Å². The molecule has 0 radical (unpaired) electrons. The molecule has 0 N–H and O–H groups in total. The third-order valence-corrected chi connectivity index (χ3v) is 10.8. The summed E-state index contributed by atoms with van der Waals surface area (Å²) in [5.41, 5.74) is 2.70. The fourth-order valence-corrected chi connectivity index (χ4v) is 9.14. The van der Waals surface area contributed by atoms with Crippen LogP contribution in [0.25, 0.3) is 6.08 Å². The summed E-state index contributed by atoms with van der Waals surface area (Å²) in [6.45, 7) is 5.45. The standard InChI is InChI=1S/C30H44/c1-29-21-10-9-15-24(29)16-18-26-27-19-17-25(30(27,2)22-20-28(26)29)14-8-4-7-13-23-11-5-3-6-12-23/h3,5-7,11-13,24-28H,4,8-10,14-22H2,1-2H3/b13-7+. The van der Waals surface area contributed by atoms with Gasteiger partial charge in [-0.2, -0.15) is 0 Å². The van der Waals surface area contributed by atoms with Crippen LogP contribution < -0.4 is 0 Å². The number of benzene rings is 1. The molecule has 0 amide bonds. The Hall–Kier alpha value is -1.04. The van der Waals surface area contributed by atoms with Crippen LogP contribution in [0.5, 0.6) is 0 Å². The molecule has 164 valence electrons.